The van der Waals surface area contributed by atoms with Gasteiger partial charge in [-0.15, -0.1) is 0 Å². The zero-order valence-corrected chi connectivity index (χ0v) is 8.62. The Kier molecular flexibility index (Phi) is 1.89. The summed E-state index contributed by atoms with van der Waals surface area (Å²) in [6.45, 7) is 0. The lowest BCUT2D eigenvalue weighted by Crippen LogP contribution is -1.90. The molecule has 0 atom stereocenters. The molecule has 0 unspecified atom stereocenters. The van der Waals surface area contributed by atoms with Crippen LogP contribution in [0.25, 0.3) is 16.8 Å². The van der Waals surface area contributed by atoms with Gasteiger partial charge in [0.2, 0.25) is 5.58 Å². The molecule has 0 bridgehead atoms. The number of rotatable bonds is 2. The normalized spacial score (nSPS) is 10.8. The number of benzene rings is 1. The number of methoxy groups -OCH3 is 1. The lowest BCUT2D eigenvalue weighted by atomic mass is 10.2. The molecule has 80 valence electrons. The van der Waals surface area contributed by atoms with Crippen LogP contribution in [0.15, 0.2) is 41.4 Å². The third kappa shape index (κ3) is 1.18. The molecule has 0 aliphatic carbocycles. The topological polar surface area (TPSA) is 53.1 Å². The summed E-state index contributed by atoms with van der Waals surface area (Å²) in [6.07, 6.45) is 5.19. The first-order chi connectivity index (χ1) is 7.90. The molecule has 0 fully saturated rings. The average molecular weight is 215 g/mol. The summed E-state index contributed by atoms with van der Waals surface area (Å²) < 4.78 is 12.3. The van der Waals surface area contributed by atoms with Gasteiger partial charge in [0, 0.05) is 12.4 Å². The molecule has 5 heteroatoms. The number of hydrogen-bond acceptors (Lipinski definition) is 4. The Bertz CT molecular complexity index is 613. The van der Waals surface area contributed by atoms with Crippen LogP contribution < -0.4 is 4.74 Å². The molecule has 2 heterocycles. The summed E-state index contributed by atoms with van der Waals surface area (Å²) >= 11 is 0. The second-order valence-electron chi connectivity index (χ2n) is 3.31. The highest BCUT2D eigenvalue weighted by atomic mass is 16.5. The highest BCUT2D eigenvalue weighted by Gasteiger charge is 2.12. The van der Waals surface area contributed by atoms with E-state index in [-0.39, 0.29) is 0 Å². The Morgan fingerprint density at radius 1 is 1.38 bits per heavy atom. The third-order valence-corrected chi connectivity index (χ3v) is 2.41. The van der Waals surface area contributed by atoms with E-state index < -0.39 is 0 Å². The zero-order chi connectivity index (χ0) is 11.0. The summed E-state index contributed by atoms with van der Waals surface area (Å²) in [5.41, 5.74) is 0.647. The van der Waals surface area contributed by atoms with E-state index in [1.807, 2.05) is 24.4 Å². The largest absolute Gasteiger partial charge is 0.493 e. The minimum Gasteiger partial charge on any atom is -0.493 e. The number of aromatic nitrogens is 3. The molecule has 0 amide bonds. The van der Waals surface area contributed by atoms with Crippen molar-refractivity contribution in [3.63, 3.8) is 0 Å². The van der Waals surface area contributed by atoms with Crippen LogP contribution in [0.1, 0.15) is 0 Å². The van der Waals surface area contributed by atoms with E-state index in [2.05, 4.69) is 10.1 Å². The van der Waals surface area contributed by atoms with Crippen molar-refractivity contribution < 1.29 is 9.26 Å². The first kappa shape index (κ1) is 8.96. The van der Waals surface area contributed by atoms with Gasteiger partial charge < -0.3 is 9.26 Å². The monoisotopic (exact) mass is 215 g/mol. The SMILES string of the molecule is COc1cccc2c(-n3ccnc3)noc12. The molecular weight excluding hydrogens is 206 g/mol. The van der Waals surface area contributed by atoms with Gasteiger partial charge in [-0.05, 0) is 12.1 Å². The van der Waals surface area contributed by atoms with Gasteiger partial charge >= 0.3 is 0 Å². The maximum atomic E-state index is 5.27. The molecule has 0 spiro atoms. The van der Waals surface area contributed by atoms with E-state index >= 15 is 0 Å². The standard InChI is InChI=1S/C11H9N3O2/c1-15-9-4-2-3-8-10(9)16-13-11(8)14-6-5-12-7-14/h2-7H,1H3. The minimum absolute atomic E-state index is 0.647. The second-order valence-corrected chi connectivity index (χ2v) is 3.31. The lowest BCUT2D eigenvalue weighted by Gasteiger charge is -1.98. The lowest BCUT2D eigenvalue weighted by molar-refractivity contribution is 0.392. The fourth-order valence-corrected chi connectivity index (χ4v) is 1.66. The van der Waals surface area contributed by atoms with E-state index in [0.717, 1.165) is 5.39 Å². The minimum atomic E-state index is 0.647. The maximum absolute atomic E-state index is 5.27. The molecule has 5 nitrogen and oxygen atoms in total. The Morgan fingerprint density at radius 3 is 3.06 bits per heavy atom. The van der Waals surface area contributed by atoms with Crippen molar-refractivity contribution in [2.45, 2.75) is 0 Å². The van der Waals surface area contributed by atoms with E-state index in [4.69, 9.17) is 9.26 Å². The Labute approximate surface area is 91.3 Å². The van der Waals surface area contributed by atoms with Gasteiger partial charge in [-0.2, -0.15) is 0 Å². The maximum Gasteiger partial charge on any atom is 0.210 e. The fourth-order valence-electron chi connectivity index (χ4n) is 1.66. The Balaban J connectivity index is 2.29. The second kappa shape index (κ2) is 3.37. The number of para-hydroxylation sites is 1. The molecule has 16 heavy (non-hydrogen) atoms. The van der Waals surface area contributed by atoms with Crippen LogP contribution in [-0.4, -0.2) is 21.8 Å². The molecule has 0 N–H and O–H groups in total. The number of fused-ring (bicyclic) bond motifs is 1. The molecule has 3 rings (SSSR count). The van der Waals surface area contributed by atoms with Crippen molar-refractivity contribution >= 4 is 11.0 Å². The van der Waals surface area contributed by atoms with E-state index in [1.165, 1.54) is 0 Å². The zero-order valence-electron chi connectivity index (χ0n) is 8.62. The molecular formula is C11H9N3O2. The first-order valence-electron chi connectivity index (χ1n) is 4.81. The molecule has 0 radical (unpaired) electrons. The van der Waals surface area contributed by atoms with Crippen LogP contribution in [0, 0.1) is 0 Å². The van der Waals surface area contributed by atoms with Crippen molar-refractivity contribution in [1.29, 1.82) is 0 Å². The number of hydrogen-bond donors (Lipinski definition) is 0. The van der Waals surface area contributed by atoms with Gasteiger partial charge in [-0.3, -0.25) is 4.57 Å². The van der Waals surface area contributed by atoms with E-state index in [9.17, 15) is 0 Å². The van der Waals surface area contributed by atoms with Crippen LogP contribution in [0.4, 0.5) is 0 Å². The highest BCUT2D eigenvalue weighted by Crippen LogP contribution is 2.29. The summed E-state index contributed by atoms with van der Waals surface area (Å²) in [6, 6.07) is 5.67. The van der Waals surface area contributed by atoms with Gasteiger partial charge in [-0.1, -0.05) is 11.2 Å². The van der Waals surface area contributed by atoms with Gasteiger partial charge in [0.25, 0.3) is 0 Å². The van der Waals surface area contributed by atoms with Crippen LogP contribution in [0.5, 0.6) is 5.75 Å². The molecule has 0 saturated heterocycles. The van der Waals surface area contributed by atoms with Crippen LogP contribution >= 0.6 is 0 Å². The summed E-state index contributed by atoms with van der Waals surface area (Å²) in [4.78, 5) is 3.98. The van der Waals surface area contributed by atoms with Gasteiger partial charge in [-0.25, -0.2) is 4.98 Å². The molecule has 2 aromatic heterocycles. The smallest absolute Gasteiger partial charge is 0.210 e. The van der Waals surface area contributed by atoms with Gasteiger partial charge in [0.05, 0.1) is 12.5 Å². The van der Waals surface area contributed by atoms with E-state index in [1.54, 1.807) is 24.2 Å². The van der Waals surface area contributed by atoms with Crippen LogP contribution in [0.2, 0.25) is 0 Å². The van der Waals surface area contributed by atoms with Crippen molar-refractivity contribution in [3.8, 4) is 11.6 Å². The number of nitrogens with zero attached hydrogens (tertiary/aromatic N) is 3. The number of imidazole rings is 1. The van der Waals surface area contributed by atoms with Crippen molar-refractivity contribution in [2.75, 3.05) is 7.11 Å². The Hall–Kier alpha value is -2.30. The van der Waals surface area contributed by atoms with Crippen molar-refractivity contribution in [1.82, 2.24) is 14.7 Å². The van der Waals surface area contributed by atoms with Gasteiger partial charge in [0.1, 0.15) is 6.33 Å². The summed E-state index contributed by atoms with van der Waals surface area (Å²) in [5.74, 6) is 1.39. The molecule has 3 aromatic rings. The van der Waals surface area contributed by atoms with E-state index in [0.29, 0.717) is 17.2 Å². The predicted octanol–water partition coefficient (Wildman–Crippen LogP) is 2.02. The summed E-state index contributed by atoms with van der Waals surface area (Å²) in [5, 5.41) is 4.91. The number of ether oxygens (including phenoxy) is 1. The molecule has 1 aromatic carbocycles. The molecule has 0 aliphatic heterocycles. The van der Waals surface area contributed by atoms with Crippen LogP contribution in [-0.2, 0) is 0 Å². The Morgan fingerprint density at radius 2 is 2.31 bits per heavy atom. The average Bonchev–Trinajstić information content (AvgIpc) is 2.96. The first-order valence-corrected chi connectivity index (χ1v) is 4.81. The third-order valence-electron chi connectivity index (χ3n) is 2.41. The quantitative estimate of drug-likeness (QED) is 0.656. The van der Waals surface area contributed by atoms with Crippen molar-refractivity contribution in [2.24, 2.45) is 0 Å². The summed E-state index contributed by atoms with van der Waals surface area (Å²) in [7, 11) is 1.61. The molecule has 0 aliphatic rings. The van der Waals surface area contributed by atoms with Gasteiger partial charge in [0.15, 0.2) is 11.6 Å². The van der Waals surface area contributed by atoms with Crippen molar-refractivity contribution in [3.05, 3.63) is 36.9 Å². The predicted molar refractivity (Wildman–Crippen MR) is 57.7 cm³/mol. The highest BCUT2D eigenvalue weighted by molar-refractivity contribution is 5.88. The molecule has 0 saturated carbocycles. The van der Waals surface area contributed by atoms with Crippen LogP contribution in [0.3, 0.4) is 0 Å². The fraction of sp³-hybridized carbons (Fsp3) is 0.0909.